The van der Waals surface area contributed by atoms with E-state index in [2.05, 4.69) is 42.8 Å². The van der Waals surface area contributed by atoms with Gasteiger partial charge in [-0.15, -0.1) is 0 Å². The molecule has 4 rings (SSSR count). The normalized spacial score (nSPS) is 23.8. The van der Waals surface area contributed by atoms with Crippen LogP contribution in [-0.4, -0.2) is 65.1 Å². The third kappa shape index (κ3) is 5.45. The van der Waals surface area contributed by atoms with Crippen molar-refractivity contribution < 1.29 is 4.39 Å². The predicted octanol–water partition coefficient (Wildman–Crippen LogP) is 3.39. The van der Waals surface area contributed by atoms with Gasteiger partial charge in [0.1, 0.15) is 5.82 Å². The molecule has 168 valence electrons. The molecule has 0 saturated carbocycles. The Morgan fingerprint density at radius 1 is 1.19 bits per heavy atom. The first-order chi connectivity index (χ1) is 15.1. The number of aromatic nitrogens is 2. The average molecular weight is 427 g/mol. The fraction of sp³-hybridized carbons (Fsp3) is 0.583. The minimum atomic E-state index is -0.0973. The lowest BCUT2D eigenvalue weighted by Gasteiger charge is -2.40. The predicted molar refractivity (Wildman–Crippen MR) is 122 cm³/mol. The summed E-state index contributed by atoms with van der Waals surface area (Å²) in [7, 11) is 1.88. The van der Waals surface area contributed by atoms with Crippen LogP contribution in [0.15, 0.2) is 48.0 Å². The van der Waals surface area contributed by atoms with Crippen LogP contribution in [0, 0.1) is 17.7 Å². The standard InChI is InChI=1S/C24H35FN6/c1-19-7-13-30(17-23(19)31-14-10-27-18-31)24(26-2)28-15-20-8-11-29(12-9-20)16-21-5-3-4-6-22(21)25/h3-6,10,14,18-20,23H,7-9,11-13,15-17H2,1-2H3,(H,26,28). The van der Waals surface area contributed by atoms with Gasteiger partial charge in [0.2, 0.25) is 0 Å². The van der Waals surface area contributed by atoms with Crippen molar-refractivity contribution in [2.75, 3.05) is 39.8 Å². The highest BCUT2D eigenvalue weighted by Crippen LogP contribution is 2.27. The van der Waals surface area contributed by atoms with E-state index in [-0.39, 0.29) is 5.82 Å². The summed E-state index contributed by atoms with van der Waals surface area (Å²) < 4.78 is 16.2. The Labute approximate surface area is 185 Å². The number of benzene rings is 1. The number of imidazole rings is 1. The molecule has 6 nitrogen and oxygen atoms in total. The largest absolute Gasteiger partial charge is 0.356 e. The molecule has 7 heteroatoms. The molecule has 2 aliphatic rings. The van der Waals surface area contributed by atoms with Gasteiger partial charge in [0.15, 0.2) is 5.96 Å². The lowest BCUT2D eigenvalue weighted by Crippen LogP contribution is -2.50. The summed E-state index contributed by atoms with van der Waals surface area (Å²) >= 11 is 0. The Balaban J connectivity index is 1.25. The summed E-state index contributed by atoms with van der Waals surface area (Å²) in [6.45, 7) is 8.00. The molecule has 0 amide bonds. The van der Waals surface area contributed by atoms with Gasteiger partial charge in [-0.25, -0.2) is 9.37 Å². The summed E-state index contributed by atoms with van der Waals surface area (Å²) in [5.41, 5.74) is 0.797. The summed E-state index contributed by atoms with van der Waals surface area (Å²) in [4.78, 5) is 13.6. The summed E-state index contributed by atoms with van der Waals surface area (Å²) in [6, 6.07) is 7.54. The maximum Gasteiger partial charge on any atom is 0.193 e. The summed E-state index contributed by atoms with van der Waals surface area (Å²) in [5.74, 6) is 2.16. The number of aliphatic imine (C=N–C) groups is 1. The van der Waals surface area contributed by atoms with Crippen molar-refractivity contribution >= 4 is 5.96 Å². The average Bonchev–Trinajstić information content (AvgIpc) is 3.32. The van der Waals surface area contributed by atoms with Crippen LogP contribution in [0.25, 0.3) is 0 Å². The summed E-state index contributed by atoms with van der Waals surface area (Å²) in [6.07, 6.45) is 9.27. The van der Waals surface area contributed by atoms with Crippen molar-refractivity contribution in [3.05, 3.63) is 54.4 Å². The van der Waals surface area contributed by atoms with Gasteiger partial charge in [-0.3, -0.25) is 9.89 Å². The molecule has 3 heterocycles. The number of hydrogen-bond acceptors (Lipinski definition) is 3. The molecule has 1 aromatic carbocycles. The van der Waals surface area contributed by atoms with Gasteiger partial charge < -0.3 is 14.8 Å². The molecule has 2 fully saturated rings. The minimum Gasteiger partial charge on any atom is -0.356 e. The second-order valence-corrected chi connectivity index (χ2v) is 9.03. The maximum absolute atomic E-state index is 13.9. The smallest absolute Gasteiger partial charge is 0.193 e. The number of piperidine rings is 2. The molecule has 2 atom stereocenters. The van der Waals surface area contributed by atoms with Crippen LogP contribution in [0.5, 0.6) is 0 Å². The number of nitrogens with zero attached hydrogens (tertiary/aromatic N) is 5. The highest BCUT2D eigenvalue weighted by atomic mass is 19.1. The van der Waals surface area contributed by atoms with Gasteiger partial charge in [0.05, 0.1) is 12.4 Å². The van der Waals surface area contributed by atoms with E-state index in [1.165, 1.54) is 0 Å². The molecule has 1 N–H and O–H groups in total. The number of halogens is 1. The first-order valence-electron chi connectivity index (χ1n) is 11.5. The molecule has 0 radical (unpaired) electrons. The van der Waals surface area contributed by atoms with E-state index >= 15 is 0 Å². The molecule has 2 unspecified atom stereocenters. The van der Waals surface area contributed by atoms with Crippen LogP contribution in [0.4, 0.5) is 4.39 Å². The van der Waals surface area contributed by atoms with Gasteiger partial charge in [-0.1, -0.05) is 25.1 Å². The summed E-state index contributed by atoms with van der Waals surface area (Å²) in [5, 5.41) is 3.64. The minimum absolute atomic E-state index is 0.0973. The highest BCUT2D eigenvalue weighted by molar-refractivity contribution is 5.80. The van der Waals surface area contributed by atoms with Gasteiger partial charge in [0, 0.05) is 51.2 Å². The zero-order valence-electron chi connectivity index (χ0n) is 18.8. The SMILES string of the molecule is CN=C(NCC1CCN(Cc2ccccc2F)CC1)N1CCC(C)C(n2ccnc2)C1. The molecule has 2 aromatic rings. The molecule has 31 heavy (non-hydrogen) atoms. The van der Waals surface area contributed by atoms with Gasteiger partial charge >= 0.3 is 0 Å². The number of likely N-dealkylation sites (tertiary alicyclic amines) is 2. The molecule has 2 saturated heterocycles. The Kier molecular flexibility index (Phi) is 7.22. The lowest BCUT2D eigenvalue weighted by molar-refractivity contribution is 0.171. The molecule has 0 aliphatic carbocycles. The Morgan fingerprint density at radius 3 is 2.71 bits per heavy atom. The third-order valence-electron chi connectivity index (χ3n) is 6.95. The van der Waals surface area contributed by atoms with Crippen molar-refractivity contribution in [3.8, 4) is 0 Å². The Hall–Kier alpha value is -2.41. The van der Waals surface area contributed by atoms with Crippen molar-refractivity contribution in [1.29, 1.82) is 0 Å². The fourth-order valence-electron chi connectivity index (χ4n) is 4.88. The quantitative estimate of drug-likeness (QED) is 0.588. The molecule has 2 aliphatic heterocycles. The number of guanidine groups is 1. The molecular formula is C24H35FN6. The van der Waals surface area contributed by atoms with Crippen molar-refractivity contribution in [3.63, 3.8) is 0 Å². The first-order valence-corrected chi connectivity index (χ1v) is 11.5. The zero-order valence-corrected chi connectivity index (χ0v) is 18.8. The zero-order chi connectivity index (χ0) is 21.6. The van der Waals surface area contributed by atoms with Crippen molar-refractivity contribution in [2.24, 2.45) is 16.8 Å². The Bertz CT molecular complexity index is 844. The monoisotopic (exact) mass is 426 g/mol. The first kappa shape index (κ1) is 21.8. The van der Waals surface area contributed by atoms with Crippen LogP contribution >= 0.6 is 0 Å². The van der Waals surface area contributed by atoms with Crippen LogP contribution in [-0.2, 0) is 6.54 Å². The van der Waals surface area contributed by atoms with Crippen LogP contribution in [0.3, 0.4) is 0 Å². The van der Waals surface area contributed by atoms with E-state index in [9.17, 15) is 4.39 Å². The van der Waals surface area contributed by atoms with Gasteiger partial charge in [-0.2, -0.15) is 0 Å². The van der Waals surface area contributed by atoms with Crippen LogP contribution in [0.1, 0.15) is 37.8 Å². The highest BCUT2D eigenvalue weighted by Gasteiger charge is 2.29. The van der Waals surface area contributed by atoms with E-state index in [1.807, 2.05) is 31.7 Å². The van der Waals surface area contributed by atoms with E-state index in [0.29, 0.717) is 24.4 Å². The third-order valence-corrected chi connectivity index (χ3v) is 6.95. The van der Waals surface area contributed by atoms with Crippen LogP contribution in [0.2, 0.25) is 0 Å². The maximum atomic E-state index is 13.9. The van der Waals surface area contributed by atoms with Gasteiger partial charge in [0.25, 0.3) is 0 Å². The van der Waals surface area contributed by atoms with Crippen molar-refractivity contribution in [1.82, 2.24) is 24.7 Å². The second kappa shape index (κ2) is 10.3. The van der Waals surface area contributed by atoms with Crippen LogP contribution < -0.4 is 5.32 Å². The molecule has 1 aromatic heterocycles. The molecule has 0 spiro atoms. The second-order valence-electron chi connectivity index (χ2n) is 9.03. The number of hydrogen-bond donors (Lipinski definition) is 1. The van der Waals surface area contributed by atoms with E-state index in [4.69, 9.17) is 0 Å². The molecule has 0 bridgehead atoms. The topological polar surface area (TPSA) is 48.7 Å². The fourth-order valence-corrected chi connectivity index (χ4v) is 4.88. The van der Waals surface area contributed by atoms with E-state index in [1.54, 1.807) is 12.1 Å². The van der Waals surface area contributed by atoms with E-state index in [0.717, 1.165) is 63.5 Å². The van der Waals surface area contributed by atoms with Gasteiger partial charge in [-0.05, 0) is 50.3 Å². The van der Waals surface area contributed by atoms with Crippen molar-refractivity contribution in [2.45, 2.75) is 38.8 Å². The Morgan fingerprint density at radius 2 is 2.00 bits per heavy atom. The lowest BCUT2D eigenvalue weighted by atomic mass is 9.93. The number of nitrogens with one attached hydrogen (secondary N) is 1. The van der Waals surface area contributed by atoms with E-state index < -0.39 is 0 Å². The molecular weight excluding hydrogens is 391 g/mol. The number of rotatable bonds is 5.